The first-order valence-electron chi connectivity index (χ1n) is 5.59. The second-order valence-electron chi connectivity index (χ2n) is 4.10. The molecule has 0 aliphatic carbocycles. The molecule has 0 amide bonds. The van der Waals surface area contributed by atoms with Crippen molar-refractivity contribution >= 4 is 46.2 Å². The Morgan fingerprint density at radius 2 is 1.95 bits per heavy atom. The Morgan fingerprint density at radius 3 is 2.45 bits per heavy atom. The summed E-state index contributed by atoms with van der Waals surface area (Å²) in [5.74, 6) is -1.60. The Kier molecular flexibility index (Phi) is 4.52. The maximum Gasteiger partial charge on any atom is 0.345 e. The lowest BCUT2D eigenvalue weighted by Crippen LogP contribution is -2.00. The second kappa shape index (κ2) is 5.99. The summed E-state index contributed by atoms with van der Waals surface area (Å²) in [5, 5.41) is 11.8. The molecule has 0 atom stereocenters. The highest BCUT2D eigenvalue weighted by atomic mass is 35.5. The molecule has 2 rings (SSSR count). The van der Waals surface area contributed by atoms with Gasteiger partial charge in [-0.2, -0.15) is 0 Å². The molecule has 1 heterocycles. The molecule has 3 nitrogen and oxygen atoms in total. The van der Waals surface area contributed by atoms with E-state index in [2.05, 4.69) is 5.32 Å². The summed E-state index contributed by atoms with van der Waals surface area (Å²) >= 11 is 12.6. The number of carboxylic acids is 1. The summed E-state index contributed by atoms with van der Waals surface area (Å²) in [6, 6.07) is 4.48. The van der Waals surface area contributed by atoms with Crippen LogP contribution in [0.4, 0.5) is 10.1 Å². The van der Waals surface area contributed by atoms with E-state index in [0.29, 0.717) is 12.2 Å². The molecule has 20 heavy (non-hydrogen) atoms. The predicted octanol–water partition coefficient (Wildman–Crippen LogP) is 4.81. The molecule has 2 N–H and O–H groups in total. The zero-order valence-corrected chi connectivity index (χ0v) is 12.7. The van der Waals surface area contributed by atoms with E-state index >= 15 is 0 Å². The number of aryl methyl sites for hydroxylation is 1. The number of hydrogen-bond acceptors (Lipinski definition) is 3. The average molecular weight is 334 g/mol. The van der Waals surface area contributed by atoms with Crippen LogP contribution in [0.3, 0.4) is 0 Å². The standard InChI is InChI=1S/C13H10Cl2FNO2S/c1-6-7(2-11(20-6)13(18)19)5-17-8-3-9(14)12(16)10(15)4-8/h2-4,17H,5H2,1H3,(H,18,19). The number of anilines is 1. The number of carbonyl (C=O) groups is 1. The lowest BCUT2D eigenvalue weighted by Gasteiger charge is -2.08. The molecule has 106 valence electrons. The minimum absolute atomic E-state index is 0.0618. The SMILES string of the molecule is Cc1sc(C(=O)O)cc1CNc1cc(Cl)c(F)c(Cl)c1. The maximum atomic E-state index is 13.3. The number of aromatic carboxylic acids is 1. The highest BCUT2D eigenvalue weighted by molar-refractivity contribution is 7.14. The first-order valence-corrected chi connectivity index (χ1v) is 7.16. The summed E-state index contributed by atoms with van der Waals surface area (Å²) in [6.45, 7) is 2.26. The van der Waals surface area contributed by atoms with Crippen molar-refractivity contribution in [2.45, 2.75) is 13.5 Å². The number of hydrogen-bond donors (Lipinski definition) is 2. The second-order valence-corrected chi connectivity index (χ2v) is 6.18. The van der Waals surface area contributed by atoms with Gasteiger partial charge >= 0.3 is 5.97 Å². The van der Waals surface area contributed by atoms with Crippen molar-refractivity contribution in [3.63, 3.8) is 0 Å². The van der Waals surface area contributed by atoms with Gasteiger partial charge in [0.15, 0.2) is 5.82 Å². The Hall–Kier alpha value is -1.30. The monoisotopic (exact) mass is 333 g/mol. The van der Waals surface area contributed by atoms with Crippen LogP contribution in [-0.2, 0) is 6.54 Å². The van der Waals surface area contributed by atoms with Crippen LogP contribution >= 0.6 is 34.5 Å². The van der Waals surface area contributed by atoms with E-state index in [1.54, 1.807) is 6.07 Å². The van der Waals surface area contributed by atoms with Crippen molar-refractivity contribution in [1.82, 2.24) is 0 Å². The van der Waals surface area contributed by atoms with Crippen molar-refractivity contribution in [1.29, 1.82) is 0 Å². The van der Waals surface area contributed by atoms with Crippen LogP contribution in [0, 0.1) is 12.7 Å². The third-order valence-electron chi connectivity index (χ3n) is 2.70. The first-order chi connectivity index (χ1) is 9.38. The number of carboxylic acid groups (broad SMARTS) is 1. The fraction of sp³-hybridized carbons (Fsp3) is 0.154. The Morgan fingerprint density at radius 1 is 1.35 bits per heavy atom. The van der Waals surface area contributed by atoms with Crippen LogP contribution in [-0.4, -0.2) is 11.1 Å². The van der Waals surface area contributed by atoms with Crippen molar-refractivity contribution in [3.05, 3.63) is 49.4 Å². The highest BCUT2D eigenvalue weighted by Crippen LogP contribution is 2.28. The molecule has 0 radical (unpaired) electrons. The summed E-state index contributed by atoms with van der Waals surface area (Å²) in [7, 11) is 0. The van der Waals surface area contributed by atoms with Crippen LogP contribution in [0.2, 0.25) is 10.0 Å². The first kappa shape index (κ1) is 15.1. The molecular formula is C13H10Cl2FNO2S. The van der Waals surface area contributed by atoms with E-state index < -0.39 is 11.8 Å². The summed E-state index contributed by atoms with van der Waals surface area (Å²) in [6.07, 6.45) is 0. The molecule has 0 saturated carbocycles. The molecule has 0 spiro atoms. The fourth-order valence-corrected chi connectivity index (χ4v) is 3.02. The van der Waals surface area contributed by atoms with Crippen molar-refractivity contribution < 1.29 is 14.3 Å². The van der Waals surface area contributed by atoms with Crippen LogP contribution in [0.5, 0.6) is 0 Å². The fourth-order valence-electron chi connectivity index (χ4n) is 1.66. The molecule has 0 aliphatic heterocycles. The van der Waals surface area contributed by atoms with E-state index in [0.717, 1.165) is 10.4 Å². The number of rotatable bonds is 4. The number of nitrogens with one attached hydrogen (secondary N) is 1. The maximum absolute atomic E-state index is 13.3. The Labute approximate surface area is 129 Å². The van der Waals surface area contributed by atoms with Gasteiger partial charge in [-0.15, -0.1) is 11.3 Å². The van der Waals surface area contributed by atoms with Crippen LogP contribution in [0.25, 0.3) is 0 Å². The molecule has 0 fully saturated rings. The molecule has 7 heteroatoms. The third kappa shape index (κ3) is 3.23. The van der Waals surface area contributed by atoms with Crippen molar-refractivity contribution in [3.8, 4) is 0 Å². The Bertz CT molecular complexity index is 649. The zero-order valence-electron chi connectivity index (χ0n) is 10.3. The topological polar surface area (TPSA) is 49.3 Å². The summed E-state index contributed by atoms with van der Waals surface area (Å²) in [5.41, 5.74) is 1.44. The van der Waals surface area contributed by atoms with Crippen LogP contribution < -0.4 is 5.32 Å². The van der Waals surface area contributed by atoms with Gasteiger partial charge in [0.05, 0.1) is 10.0 Å². The van der Waals surface area contributed by atoms with Gasteiger partial charge in [0.2, 0.25) is 0 Å². The smallest absolute Gasteiger partial charge is 0.345 e. The predicted molar refractivity (Wildman–Crippen MR) is 79.8 cm³/mol. The van der Waals surface area contributed by atoms with Gasteiger partial charge in [-0.3, -0.25) is 0 Å². The highest BCUT2D eigenvalue weighted by Gasteiger charge is 2.12. The largest absolute Gasteiger partial charge is 0.477 e. The Balaban J connectivity index is 2.15. The van der Waals surface area contributed by atoms with Gasteiger partial charge < -0.3 is 10.4 Å². The molecule has 1 aromatic heterocycles. The quantitative estimate of drug-likeness (QED) is 0.789. The molecule has 2 aromatic rings. The van der Waals surface area contributed by atoms with Crippen molar-refractivity contribution in [2.24, 2.45) is 0 Å². The number of benzene rings is 1. The third-order valence-corrected chi connectivity index (χ3v) is 4.33. The average Bonchev–Trinajstić information content (AvgIpc) is 2.75. The van der Waals surface area contributed by atoms with Gasteiger partial charge in [-0.25, -0.2) is 9.18 Å². The summed E-state index contributed by atoms with van der Waals surface area (Å²) in [4.78, 5) is 12.1. The lowest BCUT2D eigenvalue weighted by atomic mass is 10.2. The summed E-state index contributed by atoms with van der Waals surface area (Å²) < 4.78 is 13.3. The van der Waals surface area contributed by atoms with Gasteiger partial charge in [0, 0.05) is 17.1 Å². The lowest BCUT2D eigenvalue weighted by molar-refractivity contribution is 0.0702. The van der Waals surface area contributed by atoms with Gasteiger partial charge in [0.25, 0.3) is 0 Å². The number of halogens is 3. The van der Waals surface area contributed by atoms with Crippen LogP contribution in [0.1, 0.15) is 20.1 Å². The van der Waals surface area contributed by atoms with E-state index in [1.807, 2.05) is 6.92 Å². The zero-order chi connectivity index (χ0) is 14.9. The molecule has 0 bridgehead atoms. The minimum Gasteiger partial charge on any atom is -0.477 e. The number of thiophene rings is 1. The van der Waals surface area contributed by atoms with Gasteiger partial charge in [-0.1, -0.05) is 23.2 Å². The van der Waals surface area contributed by atoms with Gasteiger partial charge in [-0.05, 0) is 30.7 Å². The van der Waals surface area contributed by atoms with Gasteiger partial charge in [0.1, 0.15) is 4.88 Å². The van der Waals surface area contributed by atoms with E-state index in [-0.39, 0.29) is 14.9 Å². The van der Waals surface area contributed by atoms with E-state index in [4.69, 9.17) is 28.3 Å². The molecule has 0 aliphatic rings. The minimum atomic E-state index is -0.947. The normalized spacial score (nSPS) is 10.6. The van der Waals surface area contributed by atoms with Crippen LogP contribution in [0.15, 0.2) is 18.2 Å². The van der Waals surface area contributed by atoms with E-state index in [9.17, 15) is 9.18 Å². The van der Waals surface area contributed by atoms with E-state index in [1.165, 1.54) is 23.5 Å². The molecule has 0 saturated heterocycles. The van der Waals surface area contributed by atoms with Crippen molar-refractivity contribution in [2.75, 3.05) is 5.32 Å². The molecule has 1 aromatic carbocycles. The molecule has 0 unspecified atom stereocenters. The molecular weight excluding hydrogens is 324 g/mol.